The minimum absolute atomic E-state index is 0.339. The van der Waals surface area contributed by atoms with Crippen LogP contribution in [0, 0.1) is 10.5 Å². The predicted octanol–water partition coefficient (Wildman–Crippen LogP) is 3.91. The number of hydrogen-bond donors (Lipinski definition) is 1. The average Bonchev–Trinajstić information content (AvgIpc) is 2.41. The molecular formula is C14H15FN2OS. The highest BCUT2D eigenvalue weighted by atomic mass is 32.1. The van der Waals surface area contributed by atoms with Crippen molar-refractivity contribution >= 4 is 12.2 Å². The summed E-state index contributed by atoms with van der Waals surface area (Å²) in [6.45, 7) is 2.05. The molecule has 0 atom stereocenters. The van der Waals surface area contributed by atoms with Gasteiger partial charge in [-0.05, 0) is 18.6 Å². The molecule has 3 nitrogen and oxygen atoms in total. The molecule has 1 aromatic heterocycles. The van der Waals surface area contributed by atoms with E-state index >= 15 is 0 Å². The molecule has 0 saturated heterocycles. The Morgan fingerprint density at radius 3 is 2.84 bits per heavy atom. The van der Waals surface area contributed by atoms with Crippen LogP contribution in [0.2, 0.25) is 0 Å². The fraction of sp³-hybridized carbons (Fsp3) is 0.286. The summed E-state index contributed by atoms with van der Waals surface area (Å²) < 4.78 is 19.6. The first kappa shape index (κ1) is 13.7. The normalized spacial score (nSPS) is 10.5. The number of rotatable bonds is 4. The lowest BCUT2D eigenvalue weighted by atomic mass is 10.0. The van der Waals surface area contributed by atoms with Crippen LogP contribution in [0.4, 0.5) is 4.39 Å². The summed E-state index contributed by atoms with van der Waals surface area (Å²) in [5.41, 5.74) is 2.06. The molecule has 0 fully saturated rings. The van der Waals surface area contributed by atoms with Gasteiger partial charge in [-0.1, -0.05) is 25.6 Å². The van der Waals surface area contributed by atoms with Gasteiger partial charge in [-0.3, -0.25) is 0 Å². The highest BCUT2D eigenvalue weighted by Gasteiger charge is 2.12. The van der Waals surface area contributed by atoms with Crippen molar-refractivity contribution in [1.82, 2.24) is 9.97 Å². The third-order valence-corrected chi connectivity index (χ3v) is 3.25. The second kappa shape index (κ2) is 5.93. The maximum atomic E-state index is 14.1. The first-order chi connectivity index (χ1) is 9.17. The molecule has 1 N–H and O–H groups in total. The summed E-state index contributed by atoms with van der Waals surface area (Å²) in [6, 6.07) is 4.78. The van der Waals surface area contributed by atoms with Crippen LogP contribution in [0.3, 0.4) is 0 Å². The Hall–Kier alpha value is -1.75. The molecule has 0 spiro atoms. The molecule has 2 aromatic rings. The summed E-state index contributed by atoms with van der Waals surface area (Å²) in [7, 11) is 1.51. The van der Waals surface area contributed by atoms with Gasteiger partial charge in [-0.25, -0.2) is 9.37 Å². The van der Waals surface area contributed by atoms with Gasteiger partial charge >= 0.3 is 0 Å². The van der Waals surface area contributed by atoms with E-state index in [4.69, 9.17) is 17.0 Å². The summed E-state index contributed by atoms with van der Waals surface area (Å²) in [6.07, 6.45) is 3.19. The number of nitrogens with zero attached hydrogens (tertiary/aromatic N) is 1. The van der Waals surface area contributed by atoms with Gasteiger partial charge in [0.1, 0.15) is 16.2 Å². The molecule has 0 amide bonds. The second-order valence-electron chi connectivity index (χ2n) is 4.16. The lowest BCUT2D eigenvalue weighted by Crippen LogP contribution is -1.98. The summed E-state index contributed by atoms with van der Waals surface area (Å²) >= 11 is 5.22. The lowest BCUT2D eigenvalue weighted by molar-refractivity contribution is 0.411. The van der Waals surface area contributed by atoms with E-state index in [-0.39, 0.29) is 5.82 Å². The maximum absolute atomic E-state index is 14.1. The first-order valence-corrected chi connectivity index (χ1v) is 6.48. The van der Waals surface area contributed by atoms with Crippen molar-refractivity contribution in [2.75, 3.05) is 7.11 Å². The molecule has 100 valence electrons. The first-order valence-electron chi connectivity index (χ1n) is 6.07. The van der Waals surface area contributed by atoms with Crippen molar-refractivity contribution in [1.29, 1.82) is 0 Å². The monoisotopic (exact) mass is 278 g/mol. The predicted molar refractivity (Wildman–Crippen MR) is 75.4 cm³/mol. The van der Waals surface area contributed by atoms with Gasteiger partial charge in [-0.15, -0.1) is 0 Å². The van der Waals surface area contributed by atoms with E-state index in [1.807, 2.05) is 0 Å². The Morgan fingerprint density at radius 2 is 2.21 bits per heavy atom. The number of halogens is 1. The Morgan fingerprint density at radius 1 is 1.42 bits per heavy atom. The summed E-state index contributed by atoms with van der Waals surface area (Å²) in [4.78, 5) is 7.06. The van der Waals surface area contributed by atoms with Crippen LogP contribution in [0.25, 0.3) is 11.3 Å². The van der Waals surface area contributed by atoms with Crippen LogP contribution in [0.15, 0.2) is 24.5 Å². The van der Waals surface area contributed by atoms with Crippen LogP contribution >= 0.6 is 12.2 Å². The van der Waals surface area contributed by atoms with Crippen molar-refractivity contribution < 1.29 is 9.13 Å². The van der Waals surface area contributed by atoms with Crippen LogP contribution in [0.5, 0.6) is 5.75 Å². The molecule has 0 radical (unpaired) electrons. The van der Waals surface area contributed by atoms with Crippen LogP contribution in [-0.4, -0.2) is 17.1 Å². The molecule has 1 heterocycles. The number of methoxy groups -OCH3 is 1. The Kier molecular flexibility index (Phi) is 4.27. The maximum Gasteiger partial charge on any atom is 0.136 e. The van der Waals surface area contributed by atoms with Gasteiger partial charge in [-0.2, -0.15) is 0 Å². The number of aromatic amines is 1. The largest absolute Gasteiger partial charge is 0.497 e. The molecule has 0 aliphatic rings. The number of nitrogens with one attached hydrogen (secondary N) is 1. The molecule has 1 aromatic carbocycles. The number of aromatic nitrogens is 2. The van der Waals surface area contributed by atoms with Crippen LogP contribution < -0.4 is 4.74 Å². The van der Waals surface area contributed by atoms with Gasteiger partial charge < -0.3 is 9.72 Å². The Balaban J connectivity index is 2.58. The second-order valence-corrected chi connectivity index (χ2v) is 4.54. The molecule has 0 unspecified atom stereocenters. The van der Waals surface area contributed by atoms with E-state index < -0.39 is 0 Å². The highest BCUT2D eigenvalue weighted by molar-refractivity contribution is 7.71. The molecule has 5 heteroatoms. The van der Waals surface area contributed by atoms with Crippen LogP contribution in [-0.2, 0) is 6.42 Å². The number of ether oxygens (including phenoxy) is 1. The molecular weight excluding hydrogens is 263 g/mol. The van der Waals surface area contributed by atoms with Crippen molar-refractivity contribution in [3.05, 3.63) is 40.5 Å². The summed E-state index contributed by atoms with van der Waals surface area (Å²) in [5, 5.41) is 0. The lowest BCUT2D eigenvalue weighted by Gasteiger charge is -2.10. The van der Waals surface area contributed by atoms with Crippen molar-refractivity contribution in [2.24, 2.45) is 0 Å². The van der Waals surface area contributed by atoms with E-state index in [0.29, 0.717) is 21.6 Å². The fourth-order valence-corrected chi connectivity index (χ4v) is 2.23. The average molecular weight is 278 g/mol. The zero-order valence-electron chi connectivity index (χ0n) is 10.9. The number of benzene rings is 1. The number of hydrogen-bond acceptors (Lipinski definition) is 3. The minimum atomic E-state index is -0.339. The van der Waals surface area contributed by atoms with Gasteiger partial charge in [0.05, 0.1) is 19.1 Å². The van der Waals surface area contributed by atoms with Crippen LogP contribution in [0.1, 0.15) is 18.9 Å². The van der Waals surface area contributed by atoms with E-state index in [2.05, 4.69) is 16.9 Å². The molecule has 2 rings (SSSR count). The summed E-state index contributed by atoms with van der Waals surface area (Å²) in [5.74, 6) is 0.152. The standard InChI is InChI=1S/C14H15FN2OS/c1-3-4-11-13(16-8-17-14(11)19)10-6-5-9(18-2)7-12(10)15/h5-8H,3-4H2,1-2H3,(H,16,17,19). The minimum Gasteiger partial charge on any atom is -0.497 e. The fourth-order valence-electron chi connectivity index (χ4n) is 1.98. The number of H-pyrrole nitrogens is 1. The third kappa shape index (κ3) is 2.81. The third-order valence-electron chi connectivity index (χ3n) is 2.90. The van der Waals surface area contributed by atoms with E-state index in [1.54, 1.807) is 12.1 Å². The molecule has 19 heavy (non-hydrogen) atoms. The van der Waals surface area contributed by atoms with Crippen molar-refractivity contribution in [3.8, 4) is 17.0 Å². The van der Waals surface area contributed by atoms with Gasteiger partial charge in [0.2, 0.25) is 0 Å². The van der Waals surface area contributed by atoms with E-state index in [9.17, 15) is 4.39 Å². The van der Waals surface area contributed by atoms with Gasteiger partial charge in [0.15, 0.2) is 0 Å². The highest BCUT2D eigenvalue weighted by Crippen LogP contribution is 2.28. The van der Waals surface area contributed by atoms with E-state index in [0.717, 1.165) is 18.4 Å². The molecule has 0 bridgehead atoms. The van der Waals surface area contributed by atoms with Crippen molar-refractivity contribution in [3.63, 3.8) is 0 Å². The zero-order chi connectivity index (χ0) is 13.8. The van der Waals surface area contributed by atoms with E-state index in [1.165, 1.54) is 19.5 Å². The quantitative estimate of drug-likeness (QED) is 0.862. The Labute approximate surface area is 116 Å². The van der Waals surface area contributed by atoms with Gasteiger partial charge in [0, 0.05) is 17.2 Å². The Bertz CT molecular complexity index is 640. The SMILES string of the molecule is CCCc1c(-c2ccc(OC)cc2F)[nH]cnc1=S. The molecule has 0 aliphatic heterocycles. The smallest absolute Gasteiger partial charge is 0.136 e. The molecule has 0 aliphatic carbocycles. The zero-order valence-corrected chi connectivity index (χ0v) is 11.7. The molecule has 0 saturated carbocycles. The van der Waals surface area contributed by atoms with Crippen molar-refractivity contribution in [2.45, 2.75) is 19.8 Å². The van der Waals surface area contributed by atoms with Gasteiger partial charge in [0.25, 0.3) is 0 Å². The topological polar surface area (TPSA) is 37.9 Å².